The number of nitrogens with zero attached hydrogens (tertiary/aromatic N) is 1. The van der Waals surface area contributed by atoms with Gasteiger partial charge < -0.3 is 4.74 Å². The Bertz CT molecular complexity index is 497. The van der Waals surface area contributed by atoms with Gasteiger partial charge in [-0.05, 0) is 23.8 Å². The van der Waals surface area contributed by atoms with Crippen molar-refractivity contribution >= 4 is 17.6 Å². The zero-order valence-corrected chi connectivity index (χ0v) is 9.78. The average molecular weight is 251 g/mol. The summed E-state index contributed by atoms with van der Waals surface area (Å²) in [5, 5.41) is 6.91. The van der Waals surface area contributed by atoms with Crippen LogP contribution in [0.4, 0.5) is 0 Å². The molecule has 2 rings (SSSR count). The van der Waals surface area contributed by atoms with Gasteiger partial charge in [0.2, 0.25) is 0 Å². The summed E-state index contributed by atoms with van der Waals surface area (Å²) in [6, 6.07) is 9.04. The molecular weight excluding hydrogens is 240 g/mol. The van der Waals surface area contributed by atoms with Gasteiger partial charge in [0.25, 0.3) is 0 Å². The number of halogens is 1. The Balaban J connectivity index is 1.82. The summed E-state index contributed by atoms with van der Waals surface area (Å²) >= 11 is 5.85. The van der Waals surface area contributed by atoms with E-state index in [-0.39, 0.29) is 0 Å². The third-order valence-corrected chi connectivity index (χ3v) is 2.47. The highest BCUT2D eigenvalue weighted by Crippen LogP contribution is 2.11. The van der Waals surface area contributed by atoms with Gasteiger partial charge in [0.05, 0.1) is 6.61 Å². The molecule has 1 aromatic heterocycles. The van der Waals surface area contributed by atoms with E-state index in [0.29, 0.717) is 23.7 Å². The molecule has 0 aliphatic carbocycles. The number of hydrogen-bond acceptors (Lipinski definition) is 3. The van der Waals surface area contributed by atoms with Gasteiger partial charge in [0.15, 0.2) is 0 Å². The lowest BCUT2D eigenvalue weighted by atomic mass is 10.2. The Morgan fingerprint density at radius 3 is 3.00 bits per heavy atom. The fraction of sp³-hybridized carbons (Fsp3) is 0.167. The molecule has 0 saturated carbocycles. The molecule has 0 unspecified atom stereocenters. The first-order valence-electron chi connectivity index (χ1n) is 5.16. The first-order valence-corrected chi connectivity index (χ1v) is 5.54. The van der Waals surface area contributed by atoms with E-state index >= 15 is 0 Å². The number of ether oxygens (including phenoxy) is 1. The van der Waals surface area contributed by atoms with E-state index in [2.05, 4.69) is 10.2 Å². The van der Waals surface area contributed by atoms with E-state index < -0.39 is 5.97 Å². The molecule has 0 radical (unpaired) electrons. The number of benzene rings is 1. The van der Waals surface area contributed by atoms with Gasteiger partial charge in [-0.1, -0.05) is 23.7 Å². The lowest BCUT2D eigenvalue weighted by Crippen LogP contribution is -2.08. The average Bonchev–Trinajstić information content (AvgIpc) is 2.82. The van der Waals surface area contributed by atoms with Crippen LogP contribution in [0.5, 0.6) is 0 Å². The second-order valence-electron chi connectivity index (χ2n) is 3.49. The molecule has 1 heterocycles. The Morgan fingerprint density at radius 1 is 1.41 bits per heavy atom. The molecular formula is C12H11ClN2O2. The maximum Gasteiger partial charge on any atom is 0.356 e. The minimum Gasteiger partial charge on any atom is -0.461 e. The lowest BCUT2D eigenvalue weighted by Gasteiger charge is -2.03. The van der Waals surface area contributed by atoms with Crippen LogP contribution >= 0.6 is 11.6 Å². The molecule has 0 saturated heterocycles. The van der Waals surface area contributed by atoms with E-state index in [0.717, 1.165) is 5.56 Å². The third kappa shape index (κ3) is 3.32. The second kappa shape index (κ2) is 5.50. The molecule has 0 fully saturated rings. The first-order chi connectivity index (χ1) is 8.25. The van der Waals surface area contributed by atoms with E-state index in [1.54, 1.807) is 6.07 Å². The van der Waals surface area contributed by atoms with Gasteiger partial charge in [-0.3, -0.25) is 5.10 Å². The number of nitrogens with one attached hydrogen (secondary N) is 1. The summed E-state index contributed by atoms with van der Waals surface area (Å²) in [4.78, 5) is 11.4. The van der Waals surface area contributed by atoms with Gasteiger partial charge in [0.1, 0.15) is 5.69 Å². The van der Waals surface area contributed by atoms with Gasteiger partial charge in [-0.25, -0.2) is 4.79 Å². The smallest absolute Gasteiger partial charge is 0.356 e. The van der Waals surface area contributed by atoms with Crippen molar-refractivity contribution in [2.75, 3.05) is 6.61 Å². The molecule has 5 heteroatoms. The van der Waals surface area contributed by atoms with Crippen LogP contribution in [0.3, 0.4) is 0 Å². The predicted molar refractivity (Wildman–Crippen MR) is 64.0 cm³/mol. The summed E-state index contributed by atoms with van der Waals surface area (Å²) in [7, 11) is 0. The molecule has 88 valence electrons. The number of hydrogen-bond donors (Lipinski definition) is 1. The molecule has 1 N–H and O–H groups in total. The quantitative estimate of drug-likeness (QED) is 0.848. The van der Waals surface area contributed by atoms with E-state index in [4.69, 9.17) is 16.3 Å². The molecule has 0 spiro atoms. The summed E-state index contributed by atoms with van der Waals surface area (Å²) < 4.78 is 5.08. The lowest BCUT2D eigenvalue weighted by molar-refractivity contribution is 0.0502. The Kier molecular flexibility index (Phi) is 3.77. The van der Waals surface area contributed by atoms with Crippen molar-refractivity contribution in [2.45, 2.75) is 6.42 Å². The summed E-state index contributed by atoms with van der Waals surface area (Å²) in [5.41, 5.74) is 1.39. The van der Waals surface area contributed by atoms with Crippen molar-refractivity contribution in [2.24, 2.45) is 0 Å². The van der Waals surface area contributed by atoms with Gasteiger partial charge in [-0.15, -0.1) is 0 Å². The van der Waals surface area contributed by atoms with Crippen LogP contribution in [-0.2, 0) is 11.2 Å². The second-order valence-corrected chi connectivity index (χ2v) is 3.92. The van der Waals surface area contributed by atoms with Crippen LogP contribution in [0.15, 0.2) is 36.5 Å². The summed E-state index contributed by atoms with van der Waals surface area (Å²) in [6.07, 6.45) is 2.15. The summed E-state index contributed by atoms with van der Waals surface area (Å²) in [5.74, 6) is -0.399. The van der Waals surface area contributed by atoms with Gasteiger partial charge in [-0.2, -0.15) is 5.10 Å². The third-order valence-electron chi connectivity index (χ3n) is 2.23. The van der Waals surface area contributed by atoms with Crippen molar-refractivity contribution in [1.82, 2.24) is 10.2 Å². The number of aromatic nitrogens is 2. The normalized spacial score (nSPS) is 10.2. The molecule has 2 aromatic rings. The van der Waals surface area contributed by atoms with E-state index in [1.807, 2.05) is 24.3 Å². The Hall–Kier alpha value is -1.81. The molecule has 0 amide bonds. The molecule has 1 aromatic carbocycles. The number of carbonyl (C=O) groups excluding carboxylic acids is 1. The molecule has 0 atom stereocenters. The Labute approximate surface area is 104 Å². The molecule has 0 bridgehead atoms. The minimum atomic E-state index is -0.399. The van der Waals surface area contributed by atoms with Crippen LogP contribution in [-0.4, -0.2) is 22.8 Å². The molecule has 0 aliphatic rings. The van der Waals surface area contributed by atoms with Crippen molar-refractivity contribution in [3.05, 3.63) is 52.8 Å². The maximum absolute atomic E-state index is 11.4. The highest BCUT2D eigenvalue weighted by molar-refractivity contribution is 6.30. The van der Waals surface area contributed by atoms with Crippen LogP contribution in [0, 0.1) is 0 Å². The molecule has 4 nitrogen and oxygen atoms in total. The van der Waals surface area contributed by atoms with Crippen LogP contribution in [0.2, 0.25) is 5.02 Å². The van der Waals surface area contributed by atoms with Crippen molar-refractivity contribution < 1.29 is 9.53 Å². The molecule has 0 aliphatic heterocycles. The SMILES string of the molecule is O=C(OCCc1cccc(Cl)c1)c1ccn[nH]1. The first kappa shape index (κ1) is 11.7. The van der Waals surface area contributed by atoms with Crippen LogP contribution in [0.25, 0.3) is 0 Å². The van der Waals surface area contributed by atoms with Crippen molar-refractivity contribution in [3.8, 4) is 0 Å². The fourth-order valence-electron chi connectivity index (χ4n) is 1.40. The van der Waals surface area contributed by atoms with Crippen LogP contribution in [0.1, 0.15) is 16.1 Å². The van der Waals surface area contributed by atoms with Crippen molar-refractivity contribution in [1.29, 1.82) is 0 Å². The molecule has 17 heavy (non-hydrogen) atoms. The van der Waals surface area contributed by atoms with Gasteiger partial charge in [0, 0.05) is 17.6 Å². The number of carbonyl (C=O) groups is 1. The standard InChI is InChI=1S/C12H11ClN2O2/c13-10-3-1-2-9(8-10)5-7-17-12(16)11-4-6-14-15-11/h1-4,6,8H,5,7H2,(H,14,15). The fourth-order valence-corrected chi connectivity index (χ4v) is 1.61. The topological polar surface area (TPSA) is 55.0 Å². The van der Waals surface area contributed by atoms with Crippen LogP contribution < -0.4 is 0 Å². The monoisotopic (exact) mass is 250 g/mol. The largest absolute Gasteiger partial charge is 0.461 e. The number of esters is 1. The number of rotatable bonds is 4. The van der Waals surface area contributed by atoms with Gasteiger partial charge >= 0.3 is 5.97 Å². The number of H-pyrrole nitrogens is 1. The highest BCUT2D eigenvalue weighted by atomic mass is 35.5. The minimum absolute atomic E-state index is 0.318. The maximum atomic E-state index is 11.4. The van der Waals surface area contributed by atoms with E-state index in [9.17, 15) is 4.79 Å². The summed E-state index contributed by atoms with van der Waals surface area (Å²) in [6.45, 7) is 0.318. The zero-order chi connectivity index (χ0) is 12.1. The zero-order valence-electron chi connectivity index (χ0n) is 9.02. The van der Waals surface area contributed by atoms with Crippen molar-refractivity contribution in [3.63, 3.8) is 0 Å². The van der Waals surface area contributed by atoms with E-state index in [1.165, 1.54) is 6.20 Å². The number of aromatic amines is 1. The Morgan fingerprint density at radius 2 is 2.29 bits per heavy atom. The highest BCUT2D eigenvalue weighted by Gasteiger charge is 2.07. The predicted octanol–water partition coefficient (Wildman–Crippen LogP) is 2.46.